The minimum absolute atomic E-state index is 0.00994. The molecule has 1 aliphatic carbocycles. The van der Waals surface area contributed by atoms with Gasteiger partial charge in [-0.2, -0.15) is 0 Å². The molecule has 24 heavy (non-hydrogen) atoms. The zero-order chi connectivity index (χ0) is 16.9. The van der Waals surface area contributed by atoms with Crippen LogP contribution in [0.2, 0.25) is 0 Å². The Kier molecular flexibility index (Phi) is 4.84. The van der Waals surface area contributed by atoms with Gasteiger partial charge in [0.2, 0.25) is 5.95 Å². The summed E-state index contributed by atoms with van der Waals surface area (Å²) in [5, 5.41) is 6.04. The molecular weight excluding hydrogens is 304 g/mol. The second-order valence-corrected chi connectivity index (χ2v) is 5.98. The van der Waals surface area contributed by atoms with E-state index in [9.17, 15) is 9.59 Å². The molecular formula is C18H20N4O2. The van der Waals surface area contributed by atoms with Gasteiger partial charge < -0.3 is 10.6 Å². The second kappa shape index (κ2) is 7.21. The number of hydrogen-bond donors (Lipinski definition) is 2. The number of nitrogens with one attached hydrogen (secondary N) is 2. The van der Waals surface area contributed by atoms with E-state index >= 15 is 0 Å². The molecule has 3 rings (SSSR count). The fourth-order valence-electron chi connectivity index (χ4n) is 2.82. The summed E-state index contributed by atoms with van der Waals surface area (Å²) in [4.78, 5) is 32.1. The number of benzene rings is 1. The number of aromatic nitrogens is 2. The Balaban J connectivity index is 1.71. The number of anilines is 2. The number of carbonyl (C=O) groups excluding carboxylic acids is 2. The van der Waals surface area contributed by atoms with Gasteiger partial charge in [-0.3, -0.25) is 9.59 Å². The van der Waals surface area contributed by atoms with E-state index in [2.05, 4.69) is 20.6 Å². The lowest BCUT2D eigenvalue weighted by Gasteiger charge is -2.12. The van der Waals surface area contributed by atoms with Crippen LogP contribution in [0.5, 0.6) is 0 Å². The van der Waals surface area contributed by atoms with Crippen LogP contribution in [0.15, 0.2) is 36.5 Å². The Morgan fingerprint density at radius 3 is 2.71 bits per heavy atom. The molecule has 2 aromatic rings. The van der Waals surface area contributed by atoms with Crippen LogP contribution in [0, 0.1) is 0 Å². The van der Waals surface area contributed by atoms with Gasteiger partial charge >= 0.3 is 0 Å². The van der Waals surface area contributed by atoms with E-state index in [-0.39, 0.29) is 17.7 Å². The Bertz CT molecular complexity index is 754. The minimum Gasteiger partial charge on any atom is -0.348 e. The monoisotopic (exact) mass is 324 g/mol. The molecule has 1 fully saturated rings. The number of rotatable bonds is 5. The predicted molar refractivity (Wildman–Crippen MR) is 91.5 cm³/mol. The van der Waals surface area contributed by atoms with Crippen molar-refractivity contribution in [3.05, 3.63) is 47.8 Å². The molecule has 1 aromatic carbocycles. The Morgan fingerprint density at radius 1 is 1.17 bits per heavy atom. The smallest absolute Gasteiger partial charge is 0.270 e. The molecule has 0 bridgehead atoms. The van der Waals surface area contributed by atoms with Gasteiger partial charge in [-0.15, -0.1) is 0 Å². The van der Waals surface area contributed by atoms with Gasteiger partial charge in [0.25, 0.3) is 5.91 Å². The Labute approximate surface area is 140 Å². The summed E-state index contributed by atoms with van der Waals surface area (Å²) < 4.78 is 0. The Morgan fingerprint density at radius 2 is 1.96 bits per heavy atom. The van der Waals surface area contributed by atoms with Crippen LogP contribution < -0.4 is 10.6 Å². The number of carbonyl (C=O) groups is 2. The van der Waals surface area contributed by atoms with Crippen molar-refractivity contribution in [1.82, 2.24) is 15.3 Å². The number of hydrogen-bond acceptors (Lipinski definition) is 5. The molecule has 0 atom stereocenters. The normalized spacial score (nSPS) is 14.4. The lowest BCUT2D eigenvalue weighted by Crippen LogP contribution is -2.33. The summed E-state index contributed by atoms with van der Waals surface area (Å²) >= 11 is 0. The molecule has 1 amide bonds. The number of nitrogens with zero attached hydrogens (tertiary/aromatic N) is 2. The molecule has 0 radical (unpaired) electrons. The van der Waals surface area contributed by atoms with Crippen LogP contribution >= 0.6 is 0 Å². The van der Waals surface area contributed by atoms with Crippen molar-refractivity contribution in [2.75, 3.05) is 5.32 Å². The maximum Gasteiger partial charge on any atom is 0.270 e. The highest BCUT2D eigenvalue weighted by atomic mass is 16.2. The maximum atomic E-state index is 12.3. The summed E-state index contributed by atoms with van der Waals surface area (Å²) in [6.45, 7) is 1.52. The fourth-order valence-corrected chi connectivity index (χ4v) is 2.82. The second-order valence-electron chi connectivity index (χ2n) is 5.98. The van der Waals surface area contributed by atoms with E-state index in [1.54, 1.807) is 30.5 Å². The summed E-state index contributed by atoms with van der Waals surface area (Å²) in [5.41, 5.74) is 1.65. The van der Waals surface area contributed by atoms with Crippen LogP contribution in [-0.4, -0.2) is 27.7 Å². The SMILES string of the molecule is CC(=O)c1cccc(Nc2nccc(C(=O)NC3CCCC3)n2)c1. The van der Waals surface area contributed by atoms with E-state index in [4.69, 9.17) is 0 Å². The van der Waals surface area contributed by atoms with Crippen LogP contribution in [0.25, 0.3) is 0 Å². The topological polar surface area (TPSA) is 84.0 Å². The van der Waals surface area contributed by atoms with Gasteiger partial charge in [0, 0.05) is 23.5 Å². The first kappa shape index (κ1) is 16.1. The number of ketones is 1. The summed E-state index contributed by atoms with van der Waals surface area (Å²) in [7, 11) is 0. The zero-order valence-electron chi connectivity index (χ0n) is 13.6. The van der Waals surface area contributed by atoms with E-state index in [1.165, 1.54) is 6.92 Å². The average Bonchev–Trinajstić information content (AvgIpc) is 3.08. The standard InChI is InChI=1S/C18H20N4O2/c1-12(23)13-5-4-8-15(11-13)21-18-19-10-9-16(22-18)17(24)20-14-6-2-3-7-14/h4-5,8-11,14H,2-3,6-7H2,1H3,(H,20,24)(H,19,21,22). The van der Waals surface area contributed by atoms with Crippen LogP contribution in [0.3, 0.4) is 0 Å². The molecule has 1 heterocycles. The predicted octanol–water partition coefficient (Wildman–Crippen LogP) is 3.10. The fraction of sp³-hybridized carbons (Fsp3) is 0.333. The quantitative estimate of drug-likeness (QED) is 0.826. The molecule has 6 nitrogen and oxygen atoms in total. The molecule has 0 aliphatic heterocycles. The molecule has 0 saturated heterocycles. The maximum absolute atomic E-state index is 12.3. The van der Waals surface area contributed by atoms with Crippen molar-refractivity contribution < 1.29 is 9.59 Å². The van der Waals surface area contributed by atoms with Crippen molar-refractivity contribution in [3.63, 3.8) is 0 Å². The third-order valence-electron chi connectivity index (χ3n) is 4.10. The van der Waals surface area contributed by atoms with E-state index < -0.39 is 0 Å². The van der Waals surface area contributed by atoms with Gasteiger partial charge in [0.15, 0.2) is 5.78 Å². The number of amides is 1. The largest absolute Gasteiger partial charge is 0.348 e. The van der Waals surface area contributed by atoms with Gasteiger partial charge in [-0.05, 0) is 38.0 Å². The average molecular weight is 324 g/mol. The van der Waals surface area contributed by atoms with Gasteiger partial charge in [-0.25, -0.2) is 9.97 Å². The molecule has 1 saturated carbocycles. The van der Waals surface area contributed by atoms with E-state index in [0.29, 0.717) is 22.9 Å². The summed E-state index contributed by atoms with van der Waals surface area (Å²) in [6, 6.07) is 8.94. The summed E-state index contributed by atoms with van der Waals surface area (Å²) in [5.74, 6) is 0.142. The molecule has 1 aromatic heterocycles. The molecule has 2 N–H and O–H groups in total. The zero-order valence-corrected chi connectivity index (χ0v) is 13.6. The highest BCUT2D eigenvalue weighted by Gasteiger charge is 2.18. The third-order valence-corrected chi connectivity index (χ3v) is 4.10. The molecule has 6 heteroatoms. The minimum atomic E-state index is -0.176. The first-order valence-corrected chi connectivity index (χ1v) is 8.14. The molecule has 0 unspecified atom stereocenters. The van der Waals surface area contributed by atoms with E-state index in [1.807, 2.05) is 6.07 Å². The highest BCUT2D eigenvalue weighted by Crippen LogP contribution is 2.18. The lowest BCUT2D eigenvalue weighted by atomic mass is 10.1. The van der Waals surface area contributed by atoms with Crippen molar-refractivity contribution >= 4 is 23.3 Å². The van der Waals surface area contributed by atoms with Crippen LogP contribution in [-0.2, 0) is 0 Å². The van der Waals surface area contributed by atoms with Gasteiger partial charge in [-0.1, -0.05) is 25.0 Å². The van der Waals surface area contributed by atoms with Crippen molar-refractivity contribution in [2.24, 2.45) is 0 Å². The molecule has 124 valence electrons. The van der Waals surface area contributed by atoms with Crippen LogP contribution in [0.4, 0.5) is 11.6 Å². The van der Waals surface area contributed by atoms with Crippen LogP contribution in [0.1, 0.15) is 53.5 Å². The van der Waals surface area contributed by atoms with Gasteiger partial charge in [0.05, 0.1) is 0 Å². The first-order valence-electron chi connectivity index (χ1n) is 8.14. The van der Waals surface area contributed by atoms with Crippen molar-refractivity contribution in [1.29, 1.82) is 0 Å². The molecule has 0 spiro atoms. The first-order chi connectivity index (χ1) is 11.6. The van der Waals surface area contributed by atoms with E-state index in [0.717, 1.165) is 25.7 Å². The lowest BCUT2D eigenvalue weighted by molar-refractivity contribution is 0.0932. The van der Waals surface area contributed by atoms with Gasteiger partial charge in [0.1, 0.15) is 5.69 Å². The van der Waals surface area contributed by atoms with Crippen molar-refractivity contribution in [3.8, 4) is 0 Å². The Hall–Kier alpha value is -2.76. The number of Topliss-reactive ketones (excluding diaryl/α,β-unsaturated/α-hetero) is 1. The summed E-state index contributed by atoms with van der Waals surface area (Å²) in [6.07, 6.45) is 5.93. The third kappa shape index (κ3) is 3.95. The highest BCUT2D eigenvalue weighted by molar-refractivity contribution is 5.95. The molecule has 1 aliphatic rings. The van der Waals surface area contributed by atoms with Crippen molar-refractivity contribution in [2.45, 2.75) is 38.6 Å².